The van der Waals surface area contributed by atoms with Gasteiger partial charge in [-0.25, -0.2) is 19.4 Å². The molecule has 0 aliphatic heterocycles. The molecule has 2 aromatic carbocycles. The van der Waals surface area contributed by atoms with E-state index in [4.69, 9.17) is 14.2 Å². The van der Waals surface area contributed by atoms with Crippen LogP contribution in [-0.4, -0.2) is 62.1 Å². The molecule has 2 aromatic rings. The van der Waals surface area contributed by atoms with Crippen LogP contribution in [0.2, 0.25) is 0 Å². The number of carbonyl (C=O) groups excluding carboxylic acids is 4. The summed E-state index contributed by atoms with van der Waals surface area (Å²) < 4.78 is 14.7. The van der Waals surface area contributed by atoms with E-state index in [9.17, 15) is 19.2 Å². The predicted molar refractivity (Wildman–Crippen MR) is 127 cm³/mol. The van der Waals surface area contributed by atoms with Crippen molar-refractivity contribution in [1.29, 1.82) is 0 Å². The molecule has 0 N–H and O–H groups in total. The van der Waals surface area contributed by atoms with Crippen molar-refractivity contribution in [2.24, 2.45) is 4.99 Å². The van der Waals surface area contributed by atoms with Crippen molar-refractivity contribution >= 4 is 46.1 Å². The molecule has 180 valence electrons. The Morgan fingerprint density at radius 1 is 0.971 bits per heavy atom. The molecular weight excluding hydrogens is 440 g/mol. The molecule has 0 heterocycles. The number of methoxy groups -OCH3 is 2. The highest BCUT2D eigenvalue weighted by molar-refractivity contribution is 6.40. The molecule has 2 rings (SSSR count). The zero-order valence-electron chi connectivity index (χ0n) is 20.1. The maximum Gasteiger partial charge on any atom is 0.397 e. The third-order valence-electron chi connectivity index (χ3n) is 4.57. The lowest BCUT2D eigenvalue weighted by atomic mass is 10.0. The van der Waals surface area contributed by atoms with Gasteiger partial charge in [0.25, 0.3) is 0 Å². The van der Waals surface area contributed by atoms with Gasteiger partial charge < -0.3 is 14.2 Å². The van der Waals surface area contributed by atoms with E-state index in [-0.39, 0.29) is 12.3 Å². The second kappa shape index (κ2) is 11.2. The topological polar surface area (TPSA) is 112 Å². The Balaban J connectivity index is 2.94. The molecule has 1 atom stereocenters. The molecule has 0 spiro atoms. The van der Waals surface area contributed by atoms with Gasteiger partial charge in [-0.2, -0.15) is 0 Å². The van der Waals surface area contributed by atoms with Crippen molar-refractivity contribution in [3.63, 3.8) is 0 Å². The van der Waals surface area contributed by atoms with E-state index >= 15 is 0 Å². The van der Waals surface area contributed by atoms with Crippen LogP contribution in [0.15, 0.2) is 53.0 Å². The maximum absolute atomic E-state index is 13.4. The maximum atomic E-state index is 13.4. The van der Waals surface area contributed by atoms with Crippen LogP contribution in [0.25, 0.3) is 10.8 Å². The quantitative estimate of drug-likeness (QED) is 0.211. The lowest BCUT2D eigenvalue weighted by Gasteiger charge is -2.30. The molecule has 0 radical (unpaired) electrons. The van der Waals surface area contributed by atoms with E-state index in [1.165, 1.54) is 0 Å². The van der Waals surface area contributed by atoms with Gasteiger partial charge in [0, 0.05) is 5.39 Å². The Morgan fingerprint density at radius 2 is 1.62 bits per heavy atom. The van der Waals surface area contributed by atoms with Crippen molar-refractivity contribution in [3.8, 4) is 0 Å². The molecule has 9 heteroatoms. The van der Waals surface area contributed by atoms with Crippen LogP contribution in [0.5, 0.6) is 0 Å². The van der Waals surface area contributed by atoms with E-state index < -0.39 is 41.0 Å². The number of amides is 1. The summed E-state index contributed by atoms with van der Waals surface area (Å²) in [5.74, 6) is -1.78. The zero-order valence-corrected chi connectivity index (χ0v) is 20.1. The Hall–Kier alpha value is -3.97. The van der Waals surface area contributed by atoms with Crippen LogP contribution in [0.4, 0.5) is 5.69 Å². The van der Waals surface area contributed by atoms with Gasteiger partial charge in [-0.1, -0.05) is 36.4 Å². The summed E-state index contributed by atoms with van der Waals surface area (Å²) in [4.78, 5) is 56.8. The molecule has 0 saturated carbocycles. The molecule has 0 fully saturated rings. The van der Waals surface area contributed by atoms with Crippen LogP contribution >= 0.6 is 0 Å². The van der Waals surface area contributed by atoms with Gasteiger partial charge in [0.15, 0.2) is 6.04 Å². The van der Waals surface area contributed by atoms with Gasteiger partial charge in [-0.05, 0) is 45.0 Å². The average molecular weight is 469 g/mol. The highest BCUT2D eigenvalue weighted by Crippen LogP contribution is 2.31. The second-order valence-electron chi connectivity index (χ2n) is 8.12. The van der Waals surface area contributed by atoms with Crippen LogP contribution in [0, 0.1) is 0 Å². The lowest BCUT2D eigenvalue weighted by molar-refractivity contribution is -0.154. The van der Waals surface area contributed by atoms with E-state index in [2.05, 4.69) is 10.9 Å². The number of esters is 3. The number of carbonyl (C=O) groups is 4. The molecule has 1 unspecified atom stereocenters. The second-order valence-corrected chi connectivity index (χ2v) is 8.12. The number of anilines is 1. The first kappa shape index (κ1) is 26.3. The number of rotatable bonds is 6. The van der Waals surface area contributed by atoms with E-state index in [0.717, 1.165) is 24.5 Å². The summed E-state index contributed by atoms with van der Waals surface area (Å²) in [6.45, 7) is 6.75. The summed E-state index contributed by atoms with van der Waals surface area (Å²) in [5.41, 5.74) is -0.893. The van der Waals surface area contributed by atoms with Crippen LogP contribution in [-0.2, 0) is 33.4 Å². The highest BCUT2D eigenvalue weighted by Gasteiger charge is 2.42. The van der Waals surface area contributed by atoms with Gasteiger partial charge in [0.2, 0.25) is 0 Å². The fourth-order valence-electron chi connectivity index (χ4n) is 3.10. The Kier molecular flexibility index (Phi) is 8.70. The third kappa shape index (κ3) is 6.08. The summed E-state index contributed by atoms with van der Waals surface area (Å²) in [6, 6.07) is 10.3. The summed E-state index contributed by atoms with van der Waals surface area (Å²) >= 11 is 0. The van der Waals surface area contributed by atoms with Crippen LogP contribution in [0.3, 0.4) is 0 Å². The first-order chi connectivity index (χ1) is 16.1. The molecule has 0 aliphatic carbocycles. The number of benzene rings is 2. The SMILES string of the molecule is CCOC(=O)C(=O)N(c1cccc2ccccc12)C(C(=O)OC)C(=C=NC(C)(C)C)C(=O)OC. The number of ether oxygens (including phenoxy) is 3. The van der Waals surface area contributed by atoms with Crippen LogP contribution < -0.4 is 4.90 Å². The summed E-state index contributed by atoms with van der Waals surface area (Å²) in [6.07, 6.45) is 0. The number of aliphatic imine (C=N–C) groups is 1. The zero-order chi connectivity index (χ0) is 25.5. The molecule has 0 aromatic heterocycles. The molecule has 1 amide bonds. The van der Waals surface area contributed by atoms with Crippen molar-refractivity contribution in [2.45, 2.75) is 39.3 Å². The van der Waals surface area contributed by atoms with E-state index in [0.29, 0.717) is 5.39 Å². The van der Waals surface area contributed by atoms with Gasteiger partial charge in [0.1, 0.15) is 5.57 Å². The van der Waals surface area contributed by atoms with Gasteiger partial charge in [-0.3, -0.25) is 9.69 Å². The number of fused-ring (bicyclic) bond motifs is 1. The minimum atomic E-state index is -1.73. The van der Waals surface area contributed by atoms with E-state index in [1.807, 2.05) is 0 Å². The Morgan fingerprint density at radius 3 is 2.21 bits per heavy atom. The smallest absolute Gasteiger partial charge is 0.397 e. The van der Waals surface area contributed by atoms with Crippen LogP contribution in [0.1, 0.15) is 27.7 Å². The normalized spacial score (nSPS) is 11.6. The molecule has 0 saturated heterocycles. The lowest BCUT2D eigenvalue weighted by Crippen LogP contribution is -2.51. The molecule has 9 nitrogen and oxygen atoms in total. The minimum absolute atomic E-state index is 0.0674. The van der Waals surface area contributed by atoms with Gasteiger partial charge in [-0.15, -0.1) is 0 Å². The fourth-order valence-corrected chi connectivity index (χ4v) is 3.10. The number of nitrogens with zero attached hydrogens (tertiary/aromatic N) is 2. The molecule has 0 aliphatic rings. The number of hydrogen-bond donors (Lipinski definition) is 0. The fraction of sp³-hybridized carbons (Fsp3) is 0.360. The first-order valence-electron chi connectivity index (χ1n) is 10.5. The van der Waals surface area contributed by atoms with Crippen molar-refractivity contribution in [1.82, 2.24) is 0 Å². The predicted octanol–water partition coefficient (Wildman–Crippen LogP) is 2.85. The van der Waals surface area contributed by atoms with Crippen molar-refractivity contribution < 1.29 is 33.4 Å². The first-order valence-corrected chi connectivity index (χ1v) is 10.5. The number of hydrogen-bond acceptors (Lipinski definition) is 8. The third-order valence-corrected chi connectivity index (χ3v) is 4.57. The minimum Gasteiger partial charge on any atom is -0.467 e. The van der Waals surface area contributed by atoms with E-state index in [1.54, 1.807) is 70.2 Å². The Bertz CT molecular complexity index is 1150. The average Bonchev–Trinajstić information content (AvgIpc) is 2.81. The molecule has 34 heavy (non-hydrogen) atoms. The van der Waals surface area contributed by atoms with Gasteiger partial charge >= 0.3 is 23.8 Å². The summed E-state index contributed by atoms with van der Waals surface area (Å²) in [5, 5.41) is 1.28. The summed E-state index contributed by atoms with van der Waals surface area (Å²) in [7, 11) is 2.21. The van der Waals surface area contributed by atoms with Crippen molar-refractivity contribution in [2.75, 3.05) is 25.7 Å². The standard InChI is InChI=1S/C25H28N2O7/c1-7-34-24(31)21(28)27(19-14-10-12-16-11-8-9-13-17(16)19)20(23(30)33-6)18(22(29)32-5)15-26-25(2,3)4/h8-14,20H,7H2,1-6H3. The molecular formula is C25H28N2O7. The Labute approximate surface area is 198 Å². The molecule has 0 bridgehead atoms. The van der Waals surface area contributed by atoms with Gasteiger partial charge in [0.05, 0.1) is 32.1 Å². The monoisotopic (exact) mass is 468 g/mol. The largest absolute Gasteiger partial charge is 0.467 e. The highest BCUT2D eigenvalue weighted by atomic mass is 16.5. The van der Waals surface area contributed by atoms with Crippen molar-refractivity contribution in [3.05, 3.63) is 48.0 Å².